The number of halogens is 1. The number of amides is 1. The van der Waals surface area contributed by atoms with E-state index < -0.39 is 0 Å². The zero-order chi connectivity index (χ0) is 15.7. The molecule has 1 N–H and O–H groups in total. The third-order valence-electron chi connectivity index (χ3n) is 3.81. The number of hydrogen-bond acceptors (Lipinski definition) is 2. The number of ketones is 1. The Bertz CT molecular complexity index is 719. The predicted molar refractivity (Wildman–Crippen MR) is 87.8 cm³/mol. The summed E-state index contributed by atoms with van der Waals surface area (Å²) in [6.45, 7) is 2.08. The number of benzene rings is 1. The minimum atomic E-state index is -0.0463. The molecule has 0 bridgehead atoms. The zero-order valence-electron chi connectivity index (χ0n) is 12.3. The number of carbonyl (C=O) groups is 2. The molecule has 0 atom stereocenters. The number of rotatable bonds is 5. The van der Waals surface area contributed by atoms with Crippen LogP contribution in [-0.4, -0.2) is 27.6 Å². The second kappa shape index (κ2) is 6.08. The Balaban J connectivity index is 1.81. The summed E-state index contributed by atoms with van der Waals surface area (Å²) in [5, 5.41) is 0. The van der Waals surface area contributed by atoms with Crippen LogP contribution in [0.25, 0.3) is 0 Å². The Morgan fingerprint density at radius 3 is 2.68 bits per heavy atom. The zero-order valence-corrected chi connectivity index (χ0v) is 13.9. The molecule has 4 nitrogen and oxygen atoms in total. The minimum Gasteiger partial charge on any atom is -0.356 e. The summed E-state index contributed by atoms with van der Waals surface area (Å²) in [5.41, 5.74) is 2.11. The van der Waals surface area contributed by atoms with Crippen molar-refractivity contribution in [2.75, 3.05) is 0 Å². The Labute approximate surface area is 137 Å². The van der Waals surface area contributed by atoms with Gasteiger partial charge in [0, 0.05) is 28.8 Å². The third kappa shape index (κ3) is 3.30. The molecule has 1 aliphatic rings. The van der Waals surface area contributed by atoms with Crippen LogP contribution in [-0.2, 0) is 6.54 Å². The minimum absolute atomic E-state index is 0.0414. The van der Waals surface area contributed by atoms with Crippen molar-refractivity contribution in [3.05, 3.63) is 57.8 Å². The number of nitrogens with zero attached hydrogens (tertiary/aromatic N) is 1. The van der Waals surface area contributed by atoms with Gasteiger partial charge < -0.3 is 9.88 Å². The van der Waals surface area contributed by atoms with Crippen LogP contribution in [0.2, 0.25) is 0 Å². The SMILES string of the molecule is CC(=O)c1c[nH]c(C(=O)N(Cc2cccc(Br)c2)C2CC2)c1. The van der Waals surface area contributed by atoms with Gasteiger partial charge in [0.05, 0.1) is 0 Å². The summed E-state index contributed by atoms with van der Waals surface area (Å²) in [6, 6.07) is 9.92. The number of carbonyl (C=O) groups excluding carboxylic acids is 2. The van der Waals surface area contributed by atoms with E-state index in [1.165, 1.54) is 6.92 Å². The first-order valence-electron chi connectivity index (χ1n) is 7.29. The molecule has 1 heterocycles. The van der Waals surface area contributed by atoms with E-state index in [1.807, 2.05) is 29.2 Å². The Hall–Kier alpha value is -1.88. The van der Waals surface area contributed by atoms with Gasteiger partial charge in [0.15, 0.2) is 5.78 Å². The topological polar surface area (TPSA) is 53.2 Å². The van der Waals surface area contributed by atoms with Gasteiger partial charge in [-0.3, -0.25) is 9.59 Å². The highest BCUT2D eigenvalue weighted by molar-refractivity contribution is 9.10. The lowest BCUT2D eigenvalue weighted by Gasteiger charge is -2.22. The molecular formula is C17H17BrN2O2. The van der Waals surface area contributed by atoms with E-state index in [9.17, 15) is 9.59 Å². The highest BCUT2D eigenvalue weighted by Crippen LogP contribution is 2.30. The Morgan fingerprint density at radius 2 is 2.09 bits per heavy atom. The van der Waals surface area contributed by atoms with Crippen LogP contribution in [0, 0.1) is 0 Å². The molecule has 1 amide bonds. The first-order chi connectivity index (χ1) is 10.5. The molecule has 0 unspecified atom stereocenters. The van der Waals surface area contributed by atoms with Crippen molar-refractivity contribution in [3.63, 3.8) is 0 Å². The number of aromatic amines is 1. The number of nitrogens with one attached hydrogen (secondary N) is 1. The van der Waals surface area contributed by atoms with Gasteiger partial charge in [0.1, 0.15) is 5.69 Å². The van der Waals surface area contributed by atoms with Gasteiger partial charge in [-0.1, -0.05) is 28.1 Å². The molecule has 5 heteroatoms. The summed E-state index contributed by atoms with van der Waals surface area (Å²) in [6.07, 6.45) is 3.68. The van der Waals surface area contributed by atoms with Crippen molar-refractivity contribution in [2.45, 2.75) is 32.4 Å². The standard InChI is InChI=1S/C17H17BrN2O2/c1-11(21)13-8-16(19-9-13)17(22)20(15-5-6-15)10-12-3-2-4-14(18)7-12/h2-4,7-9,15,19H,5-6,10H2,1H3. The average molecular weight is 361 g/mol. The van der Waals surface area contributed by atoms with Gasteiger partial charge in [-0.2, -0.15) is 0 Å². The maximum absolute atomic E-state index is 12.7. The van der Waals surface area contributed by atoms with Crippen LogP contribution in [0.3, 0.4) is 0 Å². The molecule has 1 saturated carbocycles. The van der Waals surface area contributed by atoms with Crippen LogP contribution >= 0.6 is 15.9 Å². The van der Waals surface area contributed by atoms with Crippen molar-refractivity contribution < 1.29 is 9.59 Å². The normalized spacial score (nSPS) is 13.9. The number of aromatic nitrogens is 1. The van der Waals surface area contributed by atoms with Crippen LogP contribution in [0.5, 0.6) is 0 Å². The van der Waals surface area contributed by atoms with Crippen LogP contribution in [0.1, 0.15) is 46.2 Å². The predicted octanol–water partition coefficient (Wildman–Crippen LogP) is 3.78. The summed E-state index contributed by atoms with van der Waals surface area (Å²) in [4.78, 5) is 28.9. The largest absolute Gasteiger partial charge is 0.356 e. The molecule has 1 aromatic heterocycles. The molecule has 114 valence electrons. The maximum atomic E-state index is 12.7. The monoisotopic (exact) mass is 360 g/mol. The van der Waals surface area contributed by atoms with Crippen LogP contribution < -0.4 is 0 Å². The van der Waals surface area contributed by atoms with Crippen molar-refractivity contribution in [1.82, 2.24) is 9.88 Å². The van der Waals surface area contributed by atoms with E-state index in [0.29, 0.717) is 23.8 Å². The number of Topliss-reactive ketones (excluding diaryl/α,β-unsaturated/α-hetero) is 1. The maximum Gasteiger partial charge on any atom is 0.270 e. The van der Waals surface area contributed by atoms with Crippen molar-refractivity contribution in [1.29, 1.82) is 0 Å². The molecule has 3 rings (SSSR count). The first kappa shape index (κ1) is 15.0. The average Bonchev–Trinajstić information content (AvgIpc) is 3.19. The lowest BCUT2D eigenvalue weighted by atomic mass is 10.2. The third-order valence-corrected chi connectivity index (χ3v) is 4.30. The van der Waals surface area contributed by atoms with Crippen molar-refractivity contribution in [2.24, 2.45) is 0 Å². The quantitative estimate of drug-likeness (QED) is 0.824. The molecule has 1 aliphatic carbocycles. The van der Waals surface area contributed by atoms with Gasteiger partial charge in [0.2, 0.25) is 0 Å². The highest BCUT2D eigenvalue weighted by Gasteiger charge is 2.33. The fraction of sp³-hybridized carbons (Fsp3) is 0.294. The molecule has 0 spiro atoms. The smallest absolute Gasteiger partial charge is 0.270 e. The van der Waals surface area contributed by atoms with Gasteiger partial charge >= 0.3 is 0 Å². The number of hydrogen-bond donors (Lipinski definition) is 1. The van der Waals surface area contributed by atoms with Gasteiger partial charge in [-0.15, -0.1) is 0 Å². The van der Waals surface area contributed by atoms with Gasteiger partial charge in [-0.05, 0) is 43.5 Å². The summed E-state index contributed by atoms with van der Waals surface area (Å²) in [7, 11) is 0. The van der Waals surface area contributed by atoms with E-state index in [-0.39, 0.29) is 11.7 Å². The van der Waals surface area contributed by atoms with E-state index >= 15 is 0 Å². The lowest BCUT2D eigenvalue weighted by molar-refractivity contribution is 0.0724. The molecule has 2 aromatic rings. The lowest BCUT2D eigenvalue weighted by Crippen LogP contribution is -2.32. The first-order valence-corrected chi connectivity index (χ1v) is 8.08. The second-order valence-electron chi connectivity index (χ2n) is 5.65. The Kier molecular flexibility index (Phi) is 4.16. The number of H-pyrrole nitrogens is 1. The molecule has 0 aliphatic heterocycles. The van der Waals surface area contributed by atoms with Crippen LogP contribution in [0.4, 0.5) is 0 Å². The van der Waals surface area contributed by atoms with Crippen molar-refractivity contribution in [3.8, 4) is 0 Å². The molecule has 0 radical (unpaired) electrons. The molecule has 0 saturated heterocycles. The van der Waals surface area contributed by atoms with E-state index in [4.69, 9.17) is 0 Å². The highest BCUT2D eigenvalue weighted by atomic mass is 79.9. The van der Waals surface area contributed by atoms with Gasteiger partial charge in [0.25, 0.3) is 5.91 Å². The fourth-order valence-electron chi connectivity index (χ4n) is 2.46. The van der Waals surface area contributed by atoms with Crippen LogP contribution in [0.15, 0.2) is 41.0 Å². The summed E-state index contributed by atoms with van der Waals surface area (Å²) >= 11 is 3.46. The molecule has 1 aromatic carbocycles. The van der Waals surface area contributed by atoms with E-state index in [0.717, 1.165) is 22.9 Å². The Morgan fingerprint density at radius 1 is 1.32 bits per heavy atom. The molecule has 1 fully saturated rings. The van der Waals surface area contributed by atoms with E-state index in [2.05, 4.69) is 20.9 Å². The summed E-state index contributed by atoms with van der Waals surface area (Å²) < 4.78 is 1.01. The van der Waals surface area contributed by atoms with Gasteiger partial charge in [-0.25, -0.2) is 0 Å². The second-order valence-corrected chi connectivity index (χ2v) is 6.57. The van der Waals surface area contributed by atoms with E-state index in [1.54, 1.807) is 12.3 Å². The van der Waals surface area contributed by atoms with Crippen molar-refractivity contribution >= 4 is 27.6 Å². The summed E-state index contributed by atoms with van der Waals surface area (Å²) in [5.74, 6) is -0.0877. The fourth-order valence-corrected chi connectivity index (χ4v) is 2.91. The molecular weight excluding hydrogens is 344 g/mol. The molecule has 22 heavy (non-hydrogen) atoms.